The van der Waals surface area contributed by atoms with Gasteiger partial charge in [-0.05, 0) is 78.7 Å². The van der Waals surface area contributed by atoms with Crippen molar-refractivity contribution in [1.82, 2.24) is 5.32 Å². The lowest BCUT2D eigenvalue weighted by atomic mass is 10.1. The lowest BCUT2D eigenvalue weighted by Gasteiger charge is -2.16. The number of amides is 3. The van der Waals surface area contributed by atoms with Crippen molar-refractivity contribution >= 4 is 58.6 Å². The fraction of sp³-hybridized carbons (Fsp3) is 0.0909. The molecule has 0 radical (unpaired) electrons. The van der Waals surface area contributed by atoms with Crippen LogP contribution in [0.15, 0.2) is 114 Å². The minimum atomic E-state index is -1.10. The molecule has 3 amide bonds. The van der Waals surface area contributed by atoms with Crippen molar-refractivity contribution < 1.29 is 29.2 Å². The molecule has 0 bridgehead atoms. The second-order valence-electron chi connectivity index (χ2n) is 9.60. The number of carbonyl (C=O) groups is 4. The molecule has 0 aliphatic heterocycles. The van der Waals surface area contributed by atoms with Crippen molar-refractivity contribution in [3.05, 3.63) is 136 Å². The highest BCUT2D eigenvalue weighted by molar-refractivity contribution is 8.00. The molecule has 45 heavy (non-hydrogen) atoms. The van der Waals surface area contributed by atoms with Crippen LogP contribution in [0.5, 0.6) is 0 Å². The molecule has 4 aromatic carbocycles. The molecule has 0 heterocycles. The van der Waals surface area contributed by atoms with Gasteiger partial charge in [-0.15, -0.1) is 11.8 Å². The zero-order valence-electron chi connectivity index (χ0n) is 23.9. The second kappa shape index (κ2) is 15.1. The Morgan fingerprint density at radius 3 is 2.13 bits per heavy atom. The van der Waals surface area contributed by atoms with Gasteiger partial charge in [0.1, 0.15) is 5.70 Å². The van der Waals surface area contributed by atoms with Crippen molar-refractivity contribution in [3.63, 3.8) is 0 Å². The molecule has 0 aromatic heterocycles. The van der Waals surface area contributed by atoms with Crippen LogP contribution in [-0.2, 0) is 9.59 Å². The maximum absolute atomic E-state index is 13.4. The maximum Gasteiger partial charge on any atom is 0.335 e. The summed E-state index contributed by atoms with van der Waals surface area (Å²) in [6.45, 7) is 1.85. The van der Waals surface area contributed by atoms with E-state index in [1.807, 2.05) is 6.92 Å². The van der Waals surface area contributed by atoms with Gasteiger partial charge in [-0.1, -0.05) is 37.3 Å². The number of nitro groups is 1. The van der Waals surface area contributed by atoms with Crippen molar-refractivity contribution in [2.24, 2.45) is 0 Å². The Hall–Kier alpha value is -5.75. The van der Waals surface area contributed by atoms with Crippen LogP contribution in [0.1, 0.15) is 39.6 Å². The Balaban J connectivity index is 1.51. The Labute approximate surface area is 262 Å². The minimum Gasteiger partial charge on any atom is -0.478 e. The molecular formula is C33H28N4O7S. The highest BCUT2D eigenvalue weighted by Crippen LogP contribution is 2.29. The third-order valence-corrected chi connectivity index (χ3v) is 7.71. The average molecular weight is 625 g/mol. The quantitative estimate of drug-likeness (QED) is 0.0624. The van der Waals surface area contributed by atoms with Crippen LogP contribution < -0.4 is 16.0 Å². The van der Waals surface area contributed by atoms with E-state index >= 15 is 0 Å². The van der Waals surface area contributed by atoms with E-state index in [0.29, 0.717) is 33.8 Å². The number of non-ortho nitro benzene ring substituents is 1. The number of benzene rings is 4. The SMILES string of the molecule is CCC(Sc1cccc(NC(=O)/C(=C\c2ccc([N+](=O)[O-])cc2)NC(=O)c2ccccc2)c1)C(=O)Nc1cccc(C(=O)O)c1. The molecule has 0 saturated heterocycles. The first-order chi connectivity index (χ1) is 21.6. The van der Waals surface area contributed by atoms with Crippen LogP contribution in [0.25, 0.3) is 6.08 Å². The molecule has 228 valence electrons. The first-order valence-corrected chi connectivity index (χ1v) is 14.6. The molecule has 4 N–H and O–H groups in total. The van der Waals surface area contributed by atoms with Gasteiger partial charge < -0.3 is 21.1 Å². The number of nitrogens with one attached hydrogen (secondary N) is 3. The van der Waals surface area contributed by atoms with Gasteiger partial charge in [0, 0.05) is 34.0 Å². The second-order valence-corrected chi connectivity index (χ2v) is 10.9. The molecule has 0 saturated carbocycles. The van der Waals surface area contributed by atoms with E-state index in [0.717, 1.165) is 0 Å². The van der Waals surface area contributed by atoms with Gasteiger partial charge in [-0.2, -0.15) is 0 Å². The number of anilines is 2. The number of hydrogen-bond donors (Lipinski definition) is 4. The summed E-state index contributed by atoms with van der Waals surface area (Å²) in [7, 11) is 0. The van der Waals surface area contributed by atoms with E-state index in [1.165, 1.54) is 54.2 Å². The zero-order valence-corrected chi connectivity index (χ0v) is 24.7. The monoisotopic (exact) mass is 624 g/mol. The predicted molar refractivity (Wildman–Crippen MR) is 172 cm³/mol. The number of aromatic carboxylic acids is 1. The van der Waals surface area contributed by atoms with Gasteiger partial charge >= 0.3 is 5.97 Å². The fourth-order valence-corrected chi connectivity index (χ4v) is 5.10. The number of carbonyl (C=O) groups excluding carboxylic acids is 3. The van der Waals surface area contributed by atoms with Crippen LogP contribution in [-0.4, -0.2) is 39.0 Å². The number of rotatable bonds is 12. The lowest BCUT2D eigenvalue weighted by molar-refractivity contribution is -0.384. The first kappa shape index (κ1) is 32.2. The highest BCUT2D eigenvalue weighted by Gasteiger charge is 2.20. The van der Waals surface area contributed by atoms with E-state index in [4.69, 9.17) is 0 Å². The first-order valence-electron chi connectivity index (χ1n) is 13.7. The van der Waals surface area contributed by atoms with Gasteiger partial charge in [-0.25, -0.2) is 4.79 Å². The maximum atomic E-state index is 13.4. The van der Waals surface area contributed by atoms with Crippen LogP contribution in [0, 0.1) is 10.1 Å². The van der Waals surface area contributed by atoms with Crippen LogP contribution in [0.3, 0.4) is 0 Å². The van der Waals surface area contributed by atoms with E-state index in [-0.39, 0.29) is 22.9 Å². The van der Waals surface area contributed by atoms with Crippen LogP contribution in [0.4, 0.5) is 17.1 Å². The van der Waals surface area contributed by atoms with Gasteiger partial charge in [0.15, 0.2) is 0 Å². The van der Waals surface area contributed by atoms with Crippen molar-refractivity contribution in [2.75, 3.05) is 10.6 Å². The zero-order chi connectivity index (χ0) is 32.3. The summed E-state index contributed by atoms with van der Waals surface area (Å²) in [6.07, 6.45) is 1.88. The van der Waals surface area contributed by atoms with Gasteiger partial charge in [0.2, 0.25) is 5.91 Å². The summed E-state index contributed by atoms with van der Waals surface area (Å²) in [5.41, 5.74) is 1.39. The average Bonchev–Trinajstić information content (AvgIpc) is 3.04. The molecule has 0 fully saturated rings. The topological polar surface area (TPSA) is 168 Å². The molecule has 4 rings (SSSR count). The minimum absolute atomic E-state index is 0.0545. The number of thioether (sulfide) groups is 1. The molecular weight excluding hydrogens is 596 g/mol. The Kier molecular flexibility index (Phi) is 10.8. The smallest absolute Gasteiger partial charge is 0.335 e. The predicted octanol–water partition coefficient (Wildman–Crippen LogP) is 6.21. The molecule has 11 nitrogen and oxygen atoms in total. The Bertz CT molecular complexity index is 1760. The summed E-state index contributed by atoms with van der Waals surface area (Å²) in [5, 5.41) is 27.9. The van der Waals surface area contributed by atoms with E-state index < -0.39 is 28.0 Å². The number of nitro benzene ring substituents is 1. The van der Waals surface area contributed by atoms with Crippen molar-refractivity contribution in [3.8, 4) is 0 Å². The summed E-state index contributed by atoms with van der Waals surface area (Å²) >= 11 is 1.27. The number of carboxylic acid groups (broad SMARTS) is 1. The van der Waals surface area contributed by atoms with E-state index in [1.54, 1.807) is 66.7 Å². The highest BCUT2D eigenvalue weighted by atomic mass is 32.2. The summed E-state index contributed by atoms with van der Waals surface area (Å²) < 4.78 is 0. The van der Waals surface area contributed by atoms with Gasteiger partial charge in [-0.3, -0.25) is 24.5 Å². The largest absolute Gasteiger partial charge is 0.478 e. The summed E-state index contributed by atoms with van der Waals surface area (Å²) in [4.78, 5) is 61.8. The van der Waals surface area contributed by atoms with Crippen LogP contribution >= 0.6 is 11.8 Å². The Morgan fingerprint density at radius 1 is 0.844 bits per heavy atom. The molecule has 0 spiro atoms. The lowest BCUT2D eigenvalue weighted by Crippen LogP contribution is -2.30. The number of hydrogen-bond acceptors (Lipinski definition) is 7. The molecule has 1 atom stereocenters. The van der Waals surface area contributed by atoms with E-state index in [2.05, 4.69) is 16.0 Å². The third kappa shape index (κ3) is 9.12. The number of nitrogens with zero attached hydrogens (tertiary/aromatic N) is 1. The van der Waals surface area contributed by atoms with Gasteiger partial charge in [0.05, 0.1) is 15.7 Å². The molecule has 12 heteroatoms. The van der Waals surface area contributed by atoms with Crippen molar-refractivity contribution in [1.29, 1.82) is 0 Å². The third-order valence-electron chi connectivity index (χ3n) is 6.35. The van der Waals surface area contributed by atoms with Gasteiger partial charge in [0.25, 0.3) is 17.5 Å². The molecule has 0 aliphatic rings. The summed E-state index contributed by atoms with van der Waals surface area (Å²) in [6, 6.07) is 26.7. The standard InChI is InChI=1S/C33H28N4O7S/c1-2-29(32(40)35-24-11-6-10-23(19-24)33(41)42)45-27-13-7-12-25(20-27)34-31(39)28(36-30(38)22-8-4-3-5-9-22)18-21-14-16-26(17-15-21)37(43)44/h3-20,29H,2H2,1H3,(H,34,39)(H,35,40)(H,36,38)(H,41,42)/b28-18+. The van der Waals surface area contributed by atoms with E-state index in [9.17, 15) is 34.4 Å². The van der Waals surface area contributed by atoms with Crippen LogP contribution in [0.2, 0.25) is 0 Å². The molecule has 0 aliphatic carbocycles. The van der Waals surface area contributed by atoms with Crippen molar-refractivity contribution in [2.45, 2.75) is 23.5 Å². The summed E-state index contributed by atoms with van der Waals surface area (Å²) in [5.74, 6) is -2.56. The molecule has 1 unspecified atom stereocenters. The normalized spacial score (nSPS) is 11.6. The number of carboxylic acids is 1. The molecule has 4 aromatic rings. The Morgan fingerprint density at radius 2 is 1.49 bits per heavy atom. The fourth-order valence-electron chi connectivity index (χ4n) is 4.09.